The van der Waals surface area contributed by atoms with Crippen LogP contribution in [-0.2, 0) is 4.79 Å². The number of hydrogen-bond acceptors (Lipinski definition) is 2. The van der Waals surface area contributed by atoms with Crippen molar-refractivity contribution in [2.45, 2.75) is 32.4 Å². The zero-order valence-corrected chi connectivity index (χ0v) is 9.96. The van der Waals surface area contributed by atoms with E-state index in [1.807, 2.05) is 0 Å². The number of likely N-dealkylation sites (tertiary alicyclic amines) is 1. The van der Waals surface area contributed by atoms with E-state index in [4.69, 9.17) is 5.73 Å². The Balaban J connectivity index is 2.42. The van der Waals surface area contributed by atoms with Crippen LogP contribution in [0.3, 0.4) is 0 Å². The van der Waals surface area contributed by atoms with Crippen molar-refractivity contribution in [1.29, 1.82) is 0 Å². The van der Waals surface area contributed by atoms with Crippen molar-refractivity contribution in [2.75, 3.05) is 19.6 Å². The van der Waals surface area contributed by atoms with Crippen LogP contribution in [0.2, 0.25) is 0 Å². The molecule has 0 bridgehead atoms. The van der Waals surface area contributed by atoms with E-state index in [2.05, 4.69) is 6.92 Å². The van der Waals surface area contributed by atoms with Gasteiger partial charge in [-0.25, -0.2) is 0 Å². The lowest BCUT2D eigenvalue weighted by atomic mass is 9.87. The van der Waals surface area contributed by atoms with E-state index in [9.17, 15) is 18.0 Å². The maximum Gasteiger partial charge on any atom is 0.389 e. The van der Waals surface area contributed by atoms with E-state index in [1.165, 1.54) is 4.90 Å². The van der Waals surface area contributed by atoms with Crippen molar-refractivity contribution in [2.24, 2.45) is 17.6 Å². The quantitative estimate of drug-likeness (QED) is 0.832. The number of nitrogens with zero attached hydrogens (tertiary/aromatic N) is 1. The van der Waals surface area contributed by atoms with E-state index >= 15 is 0 Å². The van der Waals surface area contributed by atoms with Crippen LogP contribution >= 0.6 is 0 Å². The molecule has 3 nitrogen and oxygen atoms in total. The van der Waals surface area contributed by atoms with Gasteiger partial charge in [-0.3, -0.25) is 4.79 Å². The van der Waals surface area contributed by atoms with Crippen molar-refractivity contribution in [3.05, 3.63) is 0 Å². The van der Waals surface area contributed by atoms with E-state index in [0.29, 0.717) is 25.6 Å². The first kappa shape index (κ1) is 14.3. The van der Waals surface area contributed by atoms with Gasteiger partial charge in [0.15, 0.2) is 0 Å². The van der Waals surface area contributed by atoms with Crippen LogP contribution in [0, 0.1) is 11.8 Å². The monoisotopic (exact) mass is 252 g/mol. The smallest absolute Gasteiger partial charge is 0.342 e. The standard InChI is InChI=1S/C11H19F3N2O/c1-8-3-5-16(7-9(8)6-15)10(17)2-4-11(12,13)14/h8-9H,2-7,15H2,1H3. The van der Waals surface area contributed by atoms with E-state index < -0.39 is 24.9 Å². The van der Waals surface area contributed by atoms with Crippen LogP contribution in [0.15, 0.2) is 0 Å². The summed E-state index contributed by atoms with van der Waals surface area (Å²) in [4.78, 5) is 13.1. The molecule has 1 rings (SSSR count). The molecule has 1 heterocycles. The molecule has 1 saturated heterocycles. The molecule has 1 amide bonds. The second-order valence-corrected chi connectivity index (χ2v) is 4.72. The Morgan fingerprint density at radius 2 is 2.12 bits per heavy atom. The number of nitrogens with two attached hydrogens (primary N) is 1. The number of carbonyl (C=O) groups excluding carboxylic acids is 1. The zero-order chi connectivity index (χ0) is 13.1. The predicted octanol–water partition coefficient (Wildman–Crippen LogP) is 1.77. The van der Waals surface area contributed by atoms with Gasteiger partial charge in [-0.2, -0.15) is 13.2 Å². The lowest BCUT2D eigenvalue weighted by Crippen LogP contribution is -2.45. The third-order valence-electron chi connectivity index (χ3n) is 3.39. The summed E-state index contributed by atoms with van der Waals surface area (Å²) in [5, 5.41) is 0. The van der Waals surface area contributed by atoms with Gasteiger partial charge < -0.3 is 10.6 Å². The summed E-state index contributed by atoms with van der Waals surface area (Å²) in [5.74, 6) is 0.234. The summed E-state index contributed by atoms with van der Waals surface area (Å²) in [7, 11) is 0. The largest absolute Gasteiger partial charge is 0.389 e. The van der Waals surface area contributed by atoms with Crippen LogP contribution in [0.1, 0.15) is 26.2 Å². The van der Waals surface area contributed by atoms with Gasteiger partial charge in [-0.1, -0.05) is 6.92 Å². The first-order valence-electron chi connectivity index (χ1n) is 5.88. The van der Waals surface area contributed by atoms with E-state index in [-0.39, 0.29) is 5.92 Å². The van der Waals surface area contributed by atoms with Gasteiger partial charge in [-0.15, -0.1) is 0 Å². The number of carbonyl (C=O) groups is 1. The molecule has 2 unspecified atom stereocenters. The molecule has 2 N–H and O–H groups in total. The molecule has 6 heteroatoms. The van der Waals surface area contributed by atoms with Gasteiger partial charge in [0.05, 0.1) is 6.42 Å². The molecule has 1 aliphatic rings. The van der Waals surface area contributed by atoms with Gasteiger partial charge in [0.25, 0.3) is 0 Å². The lowest BCUT2D eigenvalue weighted by molar-refractivity contribution is -0.150. The SMILES string of the molecule is CC1CCN(C(=O)CCC(F)(F)F)CC1CN. The summed E-state index contributed by atoms with van der Waals surface area (Å²) in [5.41, 5.74) is 5.58. The fourth-order valence-corrected chi connectivity index (χ4v) is 2.09. The second-order valence-electron chi connectivity index (χ2n) is 4.72. The highest BCUT2D eigenvalue weighted by Crippen LogP contribution is 2.25. The maximum atomic E-state index is 12.0. The van der Waals surface area contributed by atoms with E-state index in [0.717, 1.165) is 6.42 Å². The van der Waals surface area contributed by atoms with Crippen LogP contribution < -0.4 is 5.73 Å². The van der Waals surface area contributed by atoms with Crippen LogP contribution in [-0.4, -0.2) is 36.6 Å². The van der Waals surface area contributed by atoms with Gasteiger partial charge in [0, 0.05) is 19.5 Å². The first-order valence-corrected chi connectivity index (χ1v) is 5.88. The number of rotatable bonds is 3. The Hall–Kier alpha value is -0.780. The minimum absolute atomic E-state index is 0.207. The molecule has 0 aromatic carbocycles. The average molecular weight is 252 g/mol. The number of alkyl halides is 3. The van der Waals surface area contributed by atoms with Gasteiger partial charge in [-0.05, 0) is 24.8 Å². The fourth-order valence-electron chi connectivity index (χ4n) is 2.09. The highest BCUT2D eigenvalue weighted by Gasteiger charge is 2.32. The number of amides is 1. The lowest BCUT2D eigenvalue weighted by Gasteiger charge is -2.36. The summed E-state index contributed by atoms with van der Waals surface area (Å²) in [6.45, 7) is 3.59. The van der Waals surface area contributed by atoms with Crippen molar-refractivity contribution in [1.82, 2.24) is 4.90 Å². The van der Waals surface area contributed by atoms with Crippen molar-refractivity contribution >= 4 is 5.91 Å². The van der Waals surface area contributed by atoms with Gasteiger partial charge >= 0.3 is 6.18 Å². The molecule has 0 saturated carbocycles. The molecule has 17 heavy (non-hydrogen) atoms. The Kier molecular flexibility index (Phi) is 4.80. The molecule has 1 fully saturated rings. The molecule has 100 valence electrons. The molecule has 0 aromatic heterocycles. The van der Waals surface area contributed by atoms with Crippen LogP contribution in [0.4, 0.5) is 13.2 Å². The Labute approximate surface area is 99.1 Å². The highest BCUT2D eigenvalue weighted by molar-refractivity contribution is 5.76. The second kappa shape index (κ2) is 5.71. The summed E-state index contributed by atoms with van der Waals surface area (Å²) < 4.78 is 36.0. The predicted molar refractivity (Wildman–Crippen MR) is 58.2 cm³/mol. The highest BCUT2D eigenvalue weighted by atomic mass is 19.4. The Morgan fingerprint density at radius 3 is 2.65 bits per heavy atom. The summed E-state index contributed by atoms with van der Waals surface area (Å²) in [6, 6.07) is 0. The zero-order valence-electron chi connectivity index (χ0n) is 9.96. The number of piperidine rings is 1. The normalized spacial score (nSPS) is 26.1. The molecule has 0 spiro atoms. The van der Waals surface area contributed by atoms with Crippen LogP contribution in [0.5, 0.6) is 0 Å². The van der Waals surface area contributed by atoms with Crippen molar-refractivity contribution in [3.8, 4) is 0 Å². The van der Waals surface area contributed by atoms with Crippen molar-refractivity contribution < 1.29 is 18.0 Å². The summed E-state index contributed by atoms with van der Waals surface area (Å²) >= 11 is 0. The average Bonchev–Trinajstić information content (AvgIpc) is 2.25. The molecule has 1 aliphatic heterocycles. The van der Waals surface area contributed by atoms with Crippen molar-refractivity contribution in [3.63, 3.8) is 0 Å². The molecule has 0 aromatic rings. The number of halogens is 3. The molecule has 0 aliphatic carbocycles. The Bertz CT molecular complexity index is 268. The fraction of sp³-hybridized carbons (Fsp3) is 0.909. The summed E-state index contributed by atoms with van der Waals surface area (Å²) in [6.07, 6.45) is -4.92. The third kappa shape index (κ3) is 4.53. The minimum atomic E-state index is -4.26. The topological polar surface area (TPSA) is 46.3 Å². The van der Waals surface area contributed by atoms with E-state index in [1.54, 1.807) is 0 Å². The van der Waals surface area contributed by atoms with Gasteiger partial charge in [0.2, 0.25) is 5.91 Å². The maximum absolute atomic E-state index is 12.0. The minimum Gasteiger partial charge on any atom is -0.342 e. The third-order valence-corrected chi connectivity index (χ3v) is 3.39. The Morgan fingerprint density at radius 1 is 1.47 bits per heavy atom. The molecular formula is C11H19F3N2O. The first-order chi connectivity index (χ1) is 7.83. The van der Waals surface area contributed by atoms with Crippen LogP contribution in [0.25, 0.3) is 0 Å². The molecule has 2 atom stereocenters. The van der Waals surface area contributed by atoms with Gasteiger partial charge in [0.1, 0.15) is 0 Å². The molecule has 0 radical (unpaired) electrons. The number of hydrogen-bond donors (Lipinski definition) is 1. The molecular weight excluding hydrogens is 233 g/mol.